The van der Waals surface area contributed by atoms with E-state index in [0.29, 0.717) is 28.4 Å². The molecule has 0 saturated carbocycles. The Morgan fingerprint density at radius 3 is 2.52 bits per heavy atom. The normalized spacial score (nSPS) is 14.8. The highest BCUT2D eigenvalue weighted by molar-refractivity contribution is 7.23. The first-order chi connectivity index (χ1) is 19.2. The van der Waals surface area contributed by atoms with Crippen molar-refractivity contribution in [1.82, 2.24) is 25.0 Å². The molecule has 0 atom stereocenters. The van der Waals surface area contributed by atoms with Crippen molar-refractivity contribution >= 4 is 57.2 Å². The average molecular weight is 602 g/mol. The van der Waals surface area contributed by atoms with Crippen LogP contribution in [0, 0.1) is 0 Å². The van der Waals surface area contributed by atoms with Gasteiger partial charge in [-0.15, -0.1) is 21.5 Å². The first-order valence-electron chi connectivity index (χ1n) is 13.3. The van der Waals surface area contributed by atoms with Crippen molar-refractivity contribution in [3.8, 4) is 15.6 Å². The number of piperidine rings is 1. The van der Waals surface area contributed by atoms with E-state index in [9.17, 15) is 9.59 Å². The average Bonchev–Trinajstić information content (AvgIpc) is 3.63. The fraction of sp³-hybridized carbons (Fsp3) is 0.429. The maximum absolute atomic E-state index is 13.6. The number of nitrogens with zero attached hydrogens (tertiary/aromatic N) is 4. The molecule has 5 rings (SSSR count). The minimum atomic E-state index is -0.769. The quantitative estimate of drug-likeness (QED) is 0.183. The molecule has 4 aromatic rings. The van der Waals surface area contributed by atoms with Gasteiger partial charge in [0.2, 0.25) is 0 Å². The van der Waals surface area contributed by atoms with Crippen molar-refractivity contribution < 1.29 is 19.1 Å². The van der Waals surface area contributed by atoms with Gasteiger partial charge in [0, 0.05) is 36.1 Å². The van der Waals surface area contributed by atoms with Crippen molar-refractivity contribution in [3.63, 3.8) is 0 Å². The number of fused-ring (bicyclic) bond motifs is 1. The van der Waals surface area contributed by atoms with Gasteiger partial charge in [0.25, 0.3) is 5.91 Å². The molecule has 40 heavy (non-hydrogen) atoms. The molecule has 1 amide bonds. The maximum atomic E-state index is 13.6. The predicted molar refractivity (Wildman–Crippen MR) is 159 cm³/mol. The second kappa shape index (κ2) is 12.3. The summed E-state index contributed by atoms with van der Waals surface area (Å²) in [5.41, 5.74) is 1.33. The van der Waals surface area contributed by atoms with Crippen LogP contribution in [-0.4, -0.2) is 63.0 Å². The van der Waals surface area contributed by atoms with E-state index in [4.69, 9.17) is 21.1 Å². The van der Waals surface area contributed by atoms with Crippen LogP contribution in [0.2, 0.25) is 4.34 Å². The molecule has 3 aromatic heterocycles. The Balaban J connectivity index is 1.42. The first kappa shape index (κ1) is 28.5. The lowest BCUT2D eigenvalue weighted by molar-refractivity contribution is 0.0729. The molecule has 12 heteroatoms. The summed E-state index contributed by atoms with van der Waals surface area (Å²) >= 11 is 9.03. The molecule has 1 aromatic carbocycles. The van der Waals surface area contributed by atoms with Gasteiger partial charge in [0.1, 0.15) is 16.5 Å². The standard InChI is InChI=1S/C28H32ClN5O4S2/c1-16(2)33-11-9-19(10-12-33)30-26(35)22-14-18-13-20(38-28(36)37-17(3)4)5-6-21(18)34(22)15-25-31-32-27(40-25)23-7-8-24(29)39-23/h5-8,13-14,16-17,19H,9-12,15H2,1-4H3,(H,30,35). The SMILES string of the molecule is CC(C)OC(=O)Oc1ccc2c(c1)cc(C(=O)NC1CCN(C(C)C)CC1)n2Cc1nnc(-c2ccc(Cl)s2)s1. The molecule has 0 bridgehead atoms. The lowest BCUT2D eigenvalue weighted by Crippen LogP contribution is -2.46. The molecule has 1 saturated heterocycles. The number of halogens is 1. The summed E-state index contributed by atoms with van der Waals surface area (Å²) in [5.74, 6) is 0.201. The zero-order valence-electron chi connectivity index (χ0n) is 22.8. The zero-order valence-corrected chi connectivity index (χ0v) is 25.2. The fourth-order valence-corrected chi connectivity index (χ4v) is 6.71. The molecule has 1 N–H and O–H groups in total. The Bertz CT molecular complexity index is 1500. The minimum absolute atomic E-state index is 0.107. The summed E-state index contributed by atoms with van der Waals surface area (Å²) in [4.78, 5) is 29.1. The molecular weight excluding hydrogens is 570 g/mol. The highest BCUT2D eigenvalue weighted by Gasteiger charge is 2.25. The number of nitrogens with one attached hydrogen (secondary N) is 1. The van der Waals surface area contributed by atoms with E-state index in [1.165, 1.54) is 22.7 Å². The number of rotatable bonds is 8. The second-order valence-electron chi connectivity index (χ2n) is 10.3. The molecule has 1 aliphatic rings. The van der Waals surface area contributed by atoms with Crippen LogP contribution in [0.15, 0.2) is 36.4 Å². The summed E-state index contributed by atoms with van der Waals surface area (Å²) < 4.78 is 13.1. The molecular formula is C28H32ClN5O4S2. The molecule has 212 valence electrons. The summed E-state index contributed by atoms with van der Waals surface area (Å²) in [6, 6.07) is 11.5. The maximum Gasteiger partial charge on any atom is 0.514 e. The largest absolute Gasteiger partial charge is 0.514 e. The van der Waals surface area contributed by atoms with Gasteiger partial charge in [-0.05, 0) is 76.9 Å². The predicted octanol–water partition coefficient (Wildman–Crippen LogP) is 6.45. The summed E-state index contributed by atoms with van der Waals surface area (Å²) in [7, 11) is 0. The van der Waals surface area contributed by atoms with Gasteiger partial charge in [0.15, 0.2) is 5.01 Å². The topological polar surface area (TPSA) is 98.6 Å². The number of thiophene rings is 1. The monoisotopic (exact) mass is 601 g/mol. The van der Waals surface area contributed by atoms with E-state index < -0.39 is 6.16 Å². The second-order valence-corrected chi connectivity index (χ2v) is 13.1. The van der Waals surface area contributed by atoms with Crippen molar-refractivity contribution in [2.45, 2.75) is 65.3 Å². The summed E-state index contributed by atoms with van der Waals surface area (Å²) in [6.45, 7) is 10.2. The van der Waals surface area contributed by atoms with Crippen LogP contribution < -0.4 is 10.1 Å². The van der Waals surface area contributed by atoms with Crippen molar-refractivity contribution in [1.29, 1.82) is 0 Å². The highest BCUT2D eigenvalue weighted by atomic mass is 35.5. The van der Waals surface area contributed by atoms with Crippen LogP contribution in [0.3, 0.4) is 0 Å². The van der Waals surface area contributed by atoms with Gasteiger partial charge >= 0.3 is 6.16 Å². The van der Waals surface area contributed by atoms with E-state index in [1.807, 2.05) is 28.8 Å². The van der Waals surface area contributed by atoms with Gasteiger partial charge in [0.05, 0.1) is 21.9 Å². The molecule has 0 spiro atoms. The van der Waals surface area contributed by atoms with E-state index in [2.05, 4.69) is 34.3 Å². The van der Waals surface area contributed by atoms with Crippen LogP contribution in [-0.2, 0) is 11.3 Å². The first-order valence-corrected chi connectivity index (χ1v) is 15.3. The van der Waals surface area contributed by atoms with Gasteiger partial charge in [-0.3, -0.25) is 4.79 Å². The number of benzene rings is 1. The number of likely N-dealkylation sites (tertiary alicyclic amines) is 1. The molecule has 0 unspecified atom stereocenters. The number of carbonyl (C=O) groups excluding carboxylic acids is 2. The van der Waals surface area contributed by atoms with Crippen molar-refractivity contribution in [2.24, 2.45) is 0 Å². The number of hydrogen-bond acceptors (Lipinski definition) is 9. The van der Waals surface area contributed by atoms with Gasteiger partial charge in [-0.1, -0.05) is 22.9 Å². The highest BCUT2D eigenvalue weighted by Crippen LogP contribution is 2.34. The molecule has 9 nitrogen and oxygen atoms in total. The number of hydrogen-bond donors (Lipinski definition) is 1. The smallest absolute Gasteiger partial charge is 0.431 e. The number of aromatic nitrogens is 3. The van der Waals surface area contributed by atoms with Crippen molar-refractivity contribution in [2.75, 3.05) is 13.1 Å². The van der Waals surface area contributed by atoms with Crippen LogP contribution >= 0.6 is 34.3 Å². The minimum Gasteiger partial charge on any atom is -0.431 e. The fourth-order valence-electron chi connectivity index (χ4n) is 4.78. The Morgan fingerprint density at radius 2 is 1.85 bits per heavy atom. The molecule has 1 fully saturated rings. The Kier molecular flexibility index (Phi) is 8.74. The van der Waals surface area contributed by atoms with Crippen LogP contribution in [0.25, 0.3) is 20.8 Å². The summed E-state index contributed by atoms with van der Waals surface area (Å²) in [5, 5.41) is 14.3. The third-order valence-corrected chi connectivity index (χ3v) is 9.09. The number of amides is 1. The van der Waals surface area contributed by atoms with Gasteiger partial charge in [-0.25, -0.2) is 4.79 Å². The molecule has 0 aliphatic carbocycles. The van der Waals surface area contributed by atoms with Crippen molar-refractivity contribution in [3.05, 3.63) is 51.4 Å². The third-order valence-electron chi connectivity index (χ3n) is 6.78. The number of carbonyl (C=O) groups is 2. The van der Waals surface area contributed by atoms with Crippen LogP contribution in [0.5, 0.6) is 5.75 Å². The Labute approximate surface area is 246 Å². The van der Waals surface area contributed by atoms with E-state index in [0.717, 1.165) is 51.7 Å². The molecule has 0 radical (unpaired) electrons. The van der Waals surface area contributed by atoms with E-state index in [1.54, 1.807) is 26.0 Å². The Morgan fingerprint density at radius 1 is 1.07 bits per heavy atom. The lowest BCUT2D eigenvalue weighted by atomic mass is 10.0. The molecule has 1 aliphatic heterocycles. The third kappa shape index (κ3) is 6.65. The van der Waals surface area contributed by atoms with E-state index >= 15 is 0 Å². The molecule has 4 heterocycles. The Hall–Kier alpha value is -2.99. The van der Waals surface area contributed by atoms with Gasteiger partial charge in [-0.2, -0.15) is 0 Å². The summed E-state index contributed by atoms with van der Waals surface area (Å²) in [6.07, 6.45) is 0.753. The van der Waals surface area contributed by atoms with Gasteiger partial charge < -0.3 is 24.3 Å². The van der Waals surface area contributed by atoms with Crippen LogP contribution in [0.1, 0.15) is 56.0 Å². The lowest BCUT2D eigenvalue weighted by Gasteiger charge is -2.34. The zero-order chi connectivity index (χ0) is 28.4. The van der Waals surface area contributed by atoms with E-state index in [-0.39, 0.29) is 18.1 Å². The number of ether oxygens (including phenoxy) is 2. The van der Waals surface area contributed by atoms with Crippen LogP contribution in [0.4, 0.5) is 4.79 Å².